The Bertz CT molecular complexity index is 490. The van der Waals surface area contributed by atoms with Crippen LogP contribution >= 0.6 is 0 Å². The molecule has 1 heterocycles. The first-order valence-corrected chi connectivity index (χ1v) is 7.66. The first-order valence-electron chi connectivity index (χ1n) is 7.66. The van der Waals surface area contributed by atoms with Gasteiger partial charge in [-0.3, -0.25) is 0 Å². The molecule has 0 radical (unpaired) electrons. The first kappa shape index (κ1) is 13.9. The molecule has 0 amide bonds. The van der Waals surface area contributed by atoms with Crippen molar-refractivity contribution in [3.05, 3.63) is 29.6 Å². The molecule has 1 N–H and O–H groups in total. The molecule has 0 bridgehead atoms. The zero-order valence-electron chi connectivity index (χ0n) is 12.2. The molecule has 2 nitrogen and oxygen atoms in total. The zero-order chi connectivity index (χ0) is 14.3. The number of rotatable bonds is 1. The summed E-state index contributed by atoms with van der Waals surface area (Å²) in [6.07, 6.45) is 4.29. The summed E-state index contributed by atoms with van der Waals surface area (Å²) in [4.78, 5) is 0. The summed E-state index contributed by atoms with van der Waals surface area (Å²) >= 11 is 0. The van der Waals surface area contributed by atoms with E-state index in [1.54, 1.807) is 6.07 Å². The molecular formula is C17H23FO2. The van der Waals surface area contributed by atoms with Crippen molar-refractivity contribution in [2.45, 2.75) is 57.7 Å². The van der Waals surface area contributed by atoms with Crippen LogP contribution in [-0.4, -0.2) is 10.7 Å². The van der Waals surface area contributed by atoms with Gasteiger partial charge in [-0.25, -0.2) is 4.39 Å². The highest BCUT2D eigenvalue weighted by atomic mass is 19.1. The summed E-state index contributed by atoms with van der Waals surface area (Å²) in [6.45, 7) is 4.54. The van der Waals surface area contributed by atoms with Crippen LogP contribution < -0.4 is 4.74 Å². The van der Waals surface area contributed by atoms with Gasteiger partial charge in [0.1, 0.15) is 17.2 Å². The largest absolute Gasteiger partial charge is 0.487 e. The third-order valence-corrected chi connectivity index (χ3v) is 5.11. The van der Waals surface area contributed by atoms with E-state index in [-0.39, 0.29) is 11.4 Å². The summed E-state index contributed by atoms with van der Waals surface area (Å²) in [5, 5.41) is 10.3. The van der Waals surface area contributed by atoms with Gasteiger partial charge in [0, 0.05) is 18.1 Å². The van der Waals surface area contributed by atoms with E-state index in [4.69, 9.17) is 4.74 Å². The molecule has 0 saturated heterocycles. The van der Waals surface area contributed by atoms with Crippen molar-refractivity contribution in [2.24, 2.45) is 11.8 Å². The minimum Gasteiger partial charge on any atom is -0.487 e. The smallest absolute Gasteiger partial charge is 0.128 e. The van der Waals surface area contributed by atoms with Gasteiger partial charge in [0.05, 0.1) is 6.10 Å². The van der Waals surface area contributed by atoms with Gasteiger partial charge in [-0.2, -0.15) is 0 Å². The third kappa shape index (κ3) is 2.44. The van der Waals surface area contributed by atoms with Crippen LogP contribution in [0.5, 0.6) is 5.75 Å². The molecule has 1 aliphatic heterocycles. The topological polar surface area (TPSA) is 29.5 Å². The van der Waals surface area contributed by atoms with E-state index < -0.39 is 6.10 Å². The molecule has 20 heavy (non-hydrogen) atoms. The highest BCUT2D eigenvalue weighted by Gasteiger charge is 2.43. The molecule has 1 aromatic carbocycles. The normalized spacial score (nSPS) is 33.0. The van der Waals surface area contributed by atoms with Crippen molar-refractivity contribution in [1.82, 2.24) is 0 Å². The second-order valence-electron chi connectivity index (χ2n) is 6.77. The fourth-order valence-corrected chi connectivity index (χ4v) is 3.75. The van der Waals surface area contributed by atoms with Crippen LogP contribution in [0.1, 0.15) is 57.6 Å². The SMILES string of the molecule is CC(C)C1CCC2(CC1)CC(O)c1ccc(F)cc1O2. The maximum Gasteiger partial charge on any atom is 0.128 e. The van der Waals surface area contributed by atoms with Gasteiger partial charge in [-0.05, 0) is 49.7 Å². The minimum absolute atomic E-state index is 0.286. The van der Waals surface area contributed by atoms with Gasteiger partial charge < -0.3 is 9.84 Å². The summed E-state index contributed by atoms with van der Waals surface area (Å²) in [5.74, 6) is 1.68. The molecular weight excluding hydrogens is 255 g/mol. The molecule has 3 rings (SSSR count). The fraction of sp³-hybridized carbons (Fsp3) is 0.647. The monoisotopic (exact) mass is 278 g/mol. The van der Waals surface area contributed by atoms with E-state index in [2.05, 4.69) is 13.8 Å². The molecule has 1 atom stereocenters. The number of aliphatic hydroxyl groups excluding tert-OH is 1. The molecule has 1 unspecified atom stereocenters. The van der Waals surface area contributed by atoms with Gasteiger partial charge in [0.25, 0.3) is 0 Å². The van der Waals surface area contributed by atoms with Crippen molar-refractivity contribution < 1.29 is 14.2 Å². The Balaban J connectivity index is 1.81. The average Bonchev–Trinajstić information content (AvgIpc) is 2.38. The summed E-state index contributed by atoms with van der Waals surface area (Å²) in [6, 6.07) is 4.44. The summed E-state index contributed by atoms with van der Waals surface area (Å²) < 4.78 is 19.5. The number of ether oxygens (including phenoxy) is 1. The Morgan fingerprint density at radius 1 is 1.30 bits per heavy atom. The van der Waals surface area contributed by atoms with Gasteiger partial charge in [-0.1, -0.05) is 13.8 Å². The maximum atomic E-state index is 13.4. The molecule has 1 aromatic rings. The Kier molecular flexibility index (Phi) is 3.49. The highest BCUT2D eigenvalue weighted by molar-refractivity contribution is 5.38. The van der Waals surface area contributed by atoms with Crippen molar-refractivity contribution >= 4 is 0 Å². The van der Waals surface area contributed by atoms with E-state index in [0.717, 1.165) is 37.2 Å². The molecule has 110 valence electrons. The van der Waals surface area contributed by atoms with Crippen LogP contribution in [0.4, 0.5) is 4.39 Å². The Labute approximate surface area is 120 Å². The number of halogens is 1. The second kappa shape index (κ2) is 5.03. The lowest BCUT2D eigenvalue weighted by Crippen LogP contribution is -2.44. The molecule has 1 aliphatic carbocycles. The van der Waals surface area contributed by atoms with E-state index in [0.29, 0.717) is 18.1 Å². The van der Waals surface area contributed by atoms with Crippen LogP contribution in [-0.2, 0) is 0 Å². The third-order valence-electron chi connectivity index (χ3n) is 5.11. The Morgan fingerprint density at radius 2 is 2.00 bits per heavy atom. The van der Waals surface area contributed by atoms with E-state index in [1.165, 1.54) is 12.1 Å². The van der Waals surface area contributed by atoms with E-state index in [1.807, 2.05) is 0 Å². The van der Waals surface area contributed by atoms with Crippen molar-refractivity contribution in [1.29, 1.82) is 0 Å². The summed E-state index contributed by atoms with van der Waals surface area (Å²) in [7, 11) is 0. The lowest BCUT2D eigenvalue weighted by molar-refractivity contribution is -0.0505. The molecule has 0 aromatic heterocycles. The van der Waals surface area contributed by atoms with E-state index >= 15 is 0 Å². The predicted molar refractivity (Wildman–Crippen MR) is 76.1 cm³/mol. The van der Waals surface area contributed by atoms with Crippen LogP contribution in [0.15, 0.2) is 18.2 Å². The molecule has 3 heteroatoms. The highest BCUT2D eigenvalue weighted by Crippen LogP contribution is 2.48. The van der Waals surface area contributed by atoms with Crippen LogP contribution in [0.2, 0.25) is 0 Å². The Hall–Kier alpha value is -1.09. The van der Waals surface area contributed by atoms with Gasteiger partial charge in [0.15, 0.2) is 0 Å². The summed E-state index contributed by atoms with van der Waals surface area (Å²) in [5.41, 5.74) is 0.439. The fourth-order valence-electron chi connectivity index (χ4n) is 3.75. The van der Waals surface area contributed by atoms with Gasteiger partial charge in [0.2, 0.25) is 0 Å². The minimum atomic E-state index is -0.532. The van der Waals surface area contributed by atoms with Crippen LogP contribution in [0.25, 0.3) is 0 Å². The second-order valence-corrected chi connectivity index (χ2v) is 6.77. The van der Waals surface area contributed by atoms with Crippen molar-refractivity contribution in [3.63, 3.8) is 0 Å². The van der Waals surface area contributed by atoms with Crippen LogP contribution in [0.3, 0.4) is 0 Å². The Morgan fingerprint density at radius 3 is 2.65 bits per heavy atom. The molecule has 1 fully saturated rings. The first-order chi connectivity index (χ1) is 9.49. The number of benzene rings is 1. The number of fused-ring (bicyclic) bond motifs is 1. The van der Waals surface area contributed by atoms with Gasteiger partial charge >= 0.3 is 0 Å². The molecule has 2 aliphatic rings. The molecule has 1 saturated carbocycles. The van der Waals surface area contributed by atoms with Crippen LogP contribution in [0, 0.1) is 17.7 Å². The number of hydrogen-bond donors (Lipinski definition) is 1. The van der Waals surface area contributed by atoms with E-state index in [9.17, 15) is 9.50 Å². The quantitative estimate of drug-likeness (QED) is 0.833. The lowest BCUT2D eigenvalue weighted by atomic mass is 9.71. The molecule has 1 spiro atoms. The lowest BCUT2D eigenvalue weighted by Gasteiger charge is -2.45. The number of hydrogen-bond acceptors (Lipinski definition) is 2. The number of aliphatic hydroxyl groups is 1. The zero-order valence-corrected chi connectivity index (χ0v) is 12.2. The van der Waals surface area contributed by atoms with Crippen molar-refractivity contribution in [2.75, 3.05) is 0 Å². The van der Waals surface area contributed by atoms with Gasteiger partial charge in [-0.15, -0.1) is 0 Å². The van der Waals surface area contributed by atoms with Crippen molar-refractivity contribution in [3.8, 4) is 5.75 Å². The predicted octanol–water partition coefficient (Wildman–Crippen LogP) is 4.23. The standard InChI is InChI=1S/C17H23FO2/c1-11(2)12-5-7-17(8-6-12)10-15(19)14-4-3-13(18)9-16(14)20-17/h3-4,9,11-12,15,19H,5-8,10H2,1-2H3. The maximum absolute atomic E-state index is 13.4. The average molecular weight is 278 g/mol.